The summed E-state index contributed by atoms with van der Waals surface area (Å²) in [5.41, 5.74) is 0.521. The van der Waals surface area contributed by atoms with Crippen LogP contribution < -0.4 is 24.3 Å². The van der Waals surface area contributed by atoms with Crippen LogP contribution in [0.5, 0.6) is 23.3 Å². The third-order valence-corrected chi connectivity index (χ3v) is 6.11. The number of aromatic nitrogens is 2. The SMILES string of the molecule is Clc1ccc2c(c1NC1(Oc3ncc4ccc(OC[C@H]5CO5)cc4n3)CCOCC1)OCO2. The van der Waals surface area contributed by atoms with Crippen LogP contribution in [-0.4, -0.2) is 55.0 Å². The predicted octanol–water partition coefficient (Wildman–Crippen LogP) is 3.79. The fraction of sp³-hybridized carbons (Fsp3) is 0.391. The number of halogens is 1. The number of hydrogen-bond acceptors (Lipinski definition) is 9. The molecular weight excluding hydrogens is 450 g/mol. The summed E-state index contributed by atoms with van der Waals surface area (Å²) >= 11 is 6.51. The second-order valence-corrected chi connectivity index (χ2v) is 8.54. The molecule has 172 valence electrons. The van der Waals surface area contributed by atoms with E-state index in [-0.39, 0.29) is 18.9 Å². The van der Waals surface area contributed by atoms with Crippen LogP contribution in [0.4, 0.5) is 5.69 Å². The van der Waals surface area contributed by atoms with Gasteiger partial charge in [0.05, 0.1) is 30.4 Å². The van der Waals surface area contributed by atoms with Gasteiger partial charge in [-0.1, -0.05) is 11.6 Å². The molecule has 3 aromatic rings. The quantitative estimate of drug-likeness (QED) is 0.407. The van der Waals surface area contributed by atoms with Crippen LogP contribution in [0.15, 0.2) is 36.5 Å². The first-order chi connectivity index (χ1) is 16.2. The third kappa shape index (κ3) is 4.31. The van der Waals surface area contributed by atoms with Gasteiger partial charge in [0.15, 0.2) is 17.2 Å². The Morgan fingerprint density at radius 3 is 2.88 bits per heavy atom. The van der Waals surface area contributed by atoms with E-state index in [1.807, 2.05) is 18.2 Å². The lowest BCUT2D eigenvalue weighted by atomic mass is 10.0. The molecule has 33 heavy (non-hydrogen) atoms. The van der Waals surface area contributed by atoms with Gasteiger partial charge in [-0.25, -0.2) is 4.98 Å². The van der Waals surface area contributed by atoms with Gasteiger partial charge in [0, 0.05) is 30.5 Å². The van der Waals surface area contributed by atoms with Crippen molar-refractivity contribution in [3.8, 4) is 23.3 Å². The Hall–Kier alpha value is -3.01. The van der Waals surface area contributed by atoms with E-state index in [4.69, 9.17) is 40.0 Å². The molecule has 0 unspecified atom stereocenters. The molecule has 1 aromatic heterocycles. The Labute approximate surface area is 194 Å². The van der Waals surface area contributed by atoms with Crippen LogP contribution in [0.3, 0.4) is 0 Å². The molecule has 0 radical (unpaired) electrons. The average Bonchev–Trinajstić information content (AvgIpc) is 3.54. The minimum absolute atomic E-state index is 0.145. The zero-order valence-corrected chi connectivity index (χ0v) is 18.5. The summed E-state index contributed by atoms with van der Waals surface area (Å²) in [5.74, 6) is 1.93. The van der Waals surface area contributed by atoms with E-state index in [1.54, 1.807) is 18.3 Å². The summed E-state index contributed by atoms with van der Waals surface area (Å²) in [6.45, 7) is 2.46. The number of anilines is 1. The molecule has 2 aromatic carbocycles. The highest BCUT2D eigenvalue weighted by atomic mass is 35.5. The summed E-state index contributed by atoms with van der Waals surface area (Å²) in [6, 6.07) is 9.51. The fourth-order valence-corrected chi connectivity index (χ4v) is 4.10. The Bertz CT molecular complexity index is 1180. The standard InChI is InChI=1S/C23H22ClN3O6/c24-17-3-4-19-21(32-13-31-19)20(17)27-23(5-7-28-8-6-23)33-22-25-10-14-1-2-15(9-18(14)26-22)29-11-16-12-30-16/h1-4,9-10,16,27H,5-8,11-13H2/t16-/m0/s1. The molecule has 4 heterocycles. The minimum Gasteiger partial charge on any atom is -0.491 e. The van der Waals surface area contributed by atoms with Crippen LogP contribution in [0.2, 0.25) is 5.02 Å². The minimum atomic E-state index is -0.825. The number of nitrogens with zero attached hydrogens (tertiary/aromatic N) is 2. The summed E-state index contributed by atoms with van der Waals surface area (Å²) in [6.07, 6.45) is 3.06. The average molecular weight is 472 g/mol. The van der Waals surface area contributed by atoms with Crippen molar-refractivity contribution in [1.82, 2.24) is 9.97 Å². The third-order valence-electron chi connectivity index (χ3n) is 5.80. The molecule has 9 nitrogen and oxygen atoms in total. The number of hydrogen-bond donors (Lipinski definition) is 1. The lowest BCUT2D eigenvalue weighted by Crippen LogP contribution is -2.49. The molecule has 10 heteroatoms. The van der Waals surface area contributed by atoms with Crippen molar-refractivity contribution in [3.63, 3.8) is 0 Å². The highest BCUT2D eigenvalue weighted by Crippen LogP contribution is 2.45. The van der Waals surface area contributed by atoms with Gasteiger partial charge >= 0.3 is 6.01 Å². The number of benzene rings is 2. The van der Waals surface area contributed by atoms with Crippen LogP contribution in [0.1, 0.15) is 12.8 Å². The topological polar surface area (TPSA) is 96.5 Å². The molecule has 3 aliphatic heterocycles. The number of fused-ring (bicyclic) bond motifs is 2. The van der Waals surface area contributed by atoms with Gasteiger partial charge in [0.1, 0.15) is 24.1 Å². The summed E-state index contributed by atoms with van der Waals surface area (Å²) in [5, 5.41) is 4.85. The molecule has 0 amide bonds. The second kappa shape index (κ2) is 8.40. The maximum Gasteiger partial charge on any atom is 0.319 e. The van der Waals surface area contributed by atoms with E-state index in [0.29, 0.717) is 54.9 Å². The Morgan fingerprint density at radius 2 is 2.03 bits per heavy atom. The fourth-order valence-electron chi connectivity index (χ4n) is 3.90. The predicted molar refractivity (Wildman–Crippen MR) is 119 cm³/mol. The first-order valence-electron chi connectivity index (χ1n) is 10.8. The summed E-state index contributed by atoms with van der Waals surface area (Å²) in [4.78, 5) is 9.07. The molecule has 3 aliphatic rings. The molecule has 1 N–H and O–H groups in total. The van der Waals surface area contributed by atoms with Crippen molar-refractivity contribution in [2.24, 2.45) is 0 Å². The molecular formula is C23H22ClN3O6. The van der Waals surface area contributed by atoms with Crippen molar-refractivity contribution in [2.75, 3.05) is 38.5 Å². The van der Waals surface area contributed by atoms with E-state index in [9.17, 15) is 0 Å². The van der Waals surface area contributed by atoms with Gasteiger partial charge in [-0.3, -0.25) is 0 Å². The molecule has 0 aliphatic carbocycles. The van der Waals surface area contributed by atoms with E-state index < -0.39 is 5.72 Å². The highest BCUT2D eigenvalue weighted by molar-refractivity contribution is 6.33. The van der Waals surface area contributed by atoms with Crippen molar-refractivity contribution in [1.29, 1.82) is 0 Å². The van der Waals surface area contributed by atoms with Gasteiger partial charge < -0.3 is 33.7 Å². The lowest BCUT2D eigenvalue weighted by molar-refractivity contribution is -0.0330. The second-order valence-electron chi connectivity index (χ2n) is 8.13. The van der Waals surface area contributed by atoms with Crippen LogP contribution in [0, 0.1) is 0 Å². The van der Waals surface area contributed by atoms with Gasteiger partial charge in [0.2, 0.25) is 6.79 Å². The first kappa shape index (κ1) is 20.6. The summed E-state index contributed by atoms with van der Waals surface area (Å²) in [7, 11) is 0. The normalized spacial score (nSPS) is 20.5. The van der Waals surface area contributed by atoms with E-state index in [0.717, 1.165) is 23.3 Å². The monoisotopic (exact) mass is 471 g/mol. The Kier molecular flexibility index (Phi) is 5.24. The number of epoxide rings is 1. The van der Waals surface area contributed by atoms with Crippen molar-refractivity contribution in [3.05, 3.63) is 41.6 Å². The molecule has 2 saturated heterocycles. The lowest BCUT2D eigenvalue weighted by Gasteiger charge is -2.38. The highest BCUT2D eigenvalue weighted by Gasteiger charge is 2.38. The molecule has 0 saturated carbocycles. The smallest absolute Gasteiger partial charge is 0.319 e. The van der Waals surface area contributed by atoms with Crippen molar-refractivity contribution < 1.29 is 28.4 Å². The van der Waals surface area contributed by atoms with Gasteiger partial charge in [0.25, 0.3) is 0 Å². The molecule has 2 fully saturated rings. The van der Waals surface area contributed by atoms with Crippen molar-refractivity contribution in [2.45, 2.75) is 24.7 Å². The maximum absolute atomic E-state index is 6.51. The molecule has 0 bridgehead atoms. The molecule has 6 rings (SSSR count). The van der Waals surface area contributed by atoms with Crippen LogP contribution in [-0.2, 0) is 9.47 Å². The zero-order valence-electron chi connectivity index (χ0n) is 17.7. The van der Waals surface area contributed by atoms with Gasteiger partial charge in [-0.15, -0.1) is 0 Å². The van der Waals surface area contributed by atoms with Gasteiger partial charge in [-0.05, 0) is 24.3 Å². The number of ether oxygens (including phenoxy) is 6. The summed E-state index contributed by atoms with van der Waals surface area (Å²) < 4.78 is 34.1. The van der Waals surface area contributed by atoms with E-state index in [1.165, 1.54) is 0 Å². The van der Waals surface area contributed by atoms with Crippen LogP contribution in [0.25, 0.3) is 10.9 Å². The van der Waals surface area contributed by atoms with E-state index in [2.05, 4.69) is 15.3 Å². The Balaban J connectivity index is 1.29. The first-order valence-corrected chi connectivity index (χ1v) is 11.2. The Morgan fingerprint density at radius 1 is 1.15 bits per heavy atom. The van der Waals surface area contributed by atoms with Gasteiger partial charge in [-0.2, -0.15) is 4.98 Å². The largest absolute Gasteiger partial charge is 0.491 e. The maximum atomic E-state index is 6.51. The van der Waals surface area contributed by atoms with Crippen molar-refractivity contribution >= 4 is 28.2 Å². The zero-order chi connectivity index (χ0) is 22.3. The number of nitrogens with one attached hydrogen (secondary N) is 1. The van der Waals surface area contributed by atoms with Crippen LogP contribution >= 0.6 is 11.6 Å². The van der Waals surface area contributed by atoms with E-state index >= 15 is 0 Å². The molecule has 0 spiro atoms. The molecule has 1 atom stereocenters. The number of rotatable bonds is 7.